The first-order valence-corrected chi connectivity index (χ1v) is 20.3. The molecule has 1 saturated carbocycles. The summed E-state index contributed by atoms with van der Waals surface area (Å²) >= 11 is 0. The Morgan fingerprint density at radius 3 is 2.62 bits per heavy atom. The normalized spacial score (nSPS) is 45.9. The molecule has 9 heterocycles. The topological polar surface area (TPSA) is 92.8 Å². The van der Waals surface area contributed by atoms with Crippen LogP contribution in [-0.4, -0.2) is 106 Å². The second kappa shape index (κ2) is 9.61. The van der Waals surface area contributed by atoms with Crippen molar-refractivity contribution in [3.63, 3.8) is 0 Å². The largest absolute Gasteiger partial charge is 0.495 e. The molecule has 5 spiro atoms. The fraction of sp³-hybridized carbons (Fsp3) is 0.628. The summed E-state index contributed by atoms with van der Waals surface area (Å²) in [6.45, 7) is 4.92. The van der Waals surface area contributed by atoms with Gasteiger partial charge in [0.25, 0.3) is 0 Å². The van der Waals surface area contributed by atoms with Crippen LogP contribution in [-0.2, 0) is 34.6 Å². The molecule has 2 aliphatic carbocycles. The predicted octanol–water partition coefficient (Wildman–Crippen LogP) is 4.37. The number of piperidine rings is 3. The maximum absolute atomic E-state index is 16.0. The summed E-state index contributed by atoms with van der Waals surface area (Å²) in [5.41, 5.74) is 4.92. The van der Waals surface area contributed by atoms with Gasteiger partial charge >= 0.3 is 5.97 Å². The molecule has 8 fully saturated rings. The zero-order valence-corrected chi connectivity index (χ0v) is 30.7. The van der Waals surface area contributed by atoms with Crippen LogP contribution in [0.2, 0.25) is 0 Å². The monoisotopic (exact) mass is 716 g/mol. The number of hydrogen-bond donors (Lipinski definition) is 1. The Morgan fingerprint density at radius 1 is 0.887 bits per heavy atom. The minimum atomic E-state index is -0.765. The van der Waals surface area contributed by atoms with Gasteiger partial charge in [0, 0.05) is 72.6 Å². The Balaban J connectivity index is 1.03. The van der Waals surface area contributed by atoms with Crippen LogP contribution in [0, 0.1) is 22.2 Å². The van der Waals surface area contributed by atoms with E-state index in [9.17, 15) is 4.79 Å². The van der Waals surface area contributed by atoms with Gasteiger partial charge in [-0.25, -0.2) is 4.79 Å². The van der Waals surface area contributed by atoms with Gasteiger partial charge < -0.3 is 34.1 Å². The minimum Gasteiger partial charge on any atom is -0.495 e. The van der Waals surface area contributed by atoms with E-state index in [0.717, 1.165) is 87.3 Å². The number of para-hydroxylation sites is 2. The molecule has 2 aromatic carbocycles. The predicted molar refractivity (Wildman–Crippen MR) is 195 cm³/mol. The van der Waals surface area contributed by atoms with Crippen LogP contribution in [0.15, 0.2) is 53.7 Å². The third-order valence-electron chi connectivity index (χ3n) is 17.4. The van der Waals surface area contributed by atoms with E-state index in [1.807, 2.05) is 0 Å². The molecule has 11 atom stereocenters. The molecule has 1 amide bonds. The zero-order valence-electron chi connectivity index (χ0n) is 30.7. The highest BCUT2D eigenvalue weighted by Gasteiger charge is 2.81. The van der Waals surface area contributed by atoms with E-state index < -0.39 is 16.2 Å². The number of carbonyl (C=O) groups excluding carboxylic acids is 2. The number of methoxy groups -OCH3 is 2. The summed E-state index contributed by atoms with van der Waals surface area (Å²) in [6, 6.07) is 15.9. The van der Waals surface area contributed by atoms with Gasteiger partial charge in [-0.15, -0.1) is 0 Å². The summed E-state index contributed by atoms with van der Waals surface area (Å²) in [5, 5.41) is 3.72. The first-order valence-electron chi connectivity index (χ1n) is 20.3. The molecular formula is C43H48N4O6. The number of nitrogens with zero attached hydrogens (tertiary/aromatic N) is 3. The summed E-state index contributed by atoms with van der Waals surface area (Å²) in [4.78, 5) is 37.8. The number of anilines is 2. The van der Waals surface area contributed by atoms with Crippen molar-refractivity contribution in [1.29, 1.82) is 0 Å². The summed E-state index contributed by atoms with van der Waals surface area (Å²) in [5.74, 6) is 1.21. The Morgan fingerprint density at radius 2 is 1.74 bits per heavy atom. The van der Waals surface area contributed by atoms with Gasteiger partial charge in [-0.1, -0.05) is 30.3 Å². The van der Waals surface area contributed by atoms with Crippen LogP contribution in [0.5, 0.6) is 5.75 Å². The smallest absolute Gasteiger partial charge is 0.335 e. The number of amides is 1. The molecule has 276 valence electrons. The van der Waals surface area contributed by atoms with Crippen molar-refractivity contribution < 1.29 is 28.5 Å². The molecular weight excluding hydrogens is 668 g/mol. The lowest BCUT2D eigenvalue weighted by molar-refractivity contribution is -0.192. The highest BCUT2D eigenvalue weighted by Crippen LogP contribution is 2.75. The molecule has 1 N–H and O–H groups in total. The summed E-state index contributed by atoms with van der Waals surface area (Å²) < 4.78 is 25.7. The Labute approximate surface area is 310 Å². The third-order valence-corrected chi connectivity index (χ3v) is 17.4. The number of hydrogen-bond acceptors (Lipinski definition) is 9. The van der Waals surface area contributed by atoms with Crippen molar-refractivity contribution in [3.8, 4) is 5.75 Å². The Hall–Kier alpha value is -3.60. The lowest BCUT2D eigenvalue weighted by Gasteiger charge is -2.67. The molecule has 53 heavy (non-hydrogen) atoms. The lowest BCUT2D eigenvalue weighted by Crippen LogP contribution is -2.78. The number of carbonyl (C=O) groups is 2. The lowest BCUT2D eigenvalue weighted by atomic mass is 9.44. The van der Waals surface area contributed by atoms with Crippen LogP contribution in [0.1, 0.15) is 62.5 Å². The maximum Gasteiger partial charge on any atom is 0.335 e. The molecule has 0 unspecified atom stereocenters. The summed E-state index contributed by atoms with van der Waals surface area (Å²) in [6.07, 6.45) is 7.30. The van der Waals surface area contributed by atoms with Crippen molar-refractivity contribution in [2.45, 2.75) is 92.5 Å². The number of rotatable bonds is 2. The van der Waals surface area contributed by atoms with Gasteiger partial charge in [-0.05, 0) is 87.1 Å². The van der Waals surface area contributed by atoms with E-state index in [0.29, 0.717) is 44.1 Å². The second-order valence-corrected chi connectivity index (χ2v) is 18.7. The molecule has 0 bridgehead atoms. The highest BCUT2D eigenvalue weighted by molar-refractivity contribution is 5.95. The quantitative estimate of drug-likeness (QED) is 0.456. The maximum atomic E-state index is 16.0. The first-order chi connectivity index (χ1) is 25.9. The average molecular weight is 717 g/mol. The van der Waals surface area contributed by atoms with Crippen LogP contribution in [0.4, 0.5) is 11.4 Å². The SMILES string of the molecule is COC(=O)C1=C2Nc3ccccc3[C@@]23CCN2C(=O)[C@]4(C[C@@H]5C[C@]67CCO[C@@H]6CCN6CC[C@@]8(c9cccc(OC)c9N(C4)[C@H]58)[C@@H]67)[C@@H]4OCC[C@]4(C1)[C@H]23. The van der Waals surface area contributed by atoms with E-state index in [-0.39, 0.29) is 41.0 Å². The van der Waals surface area contributed by atoms with E-state index in [4.69, 9.17) is 18.9 Å². The molecule has 7 saturated heterocycles. The van der Waals surface area contributed by atoms with Crippen LogP contribution < -0.4 is 15.0 Å². The first kappa shape index (κ1) is 30.7. The molecule has 10 nitrogen and oxygen atoms in total. The van der Waals surface area contributed by atoms with Crippen LogP contribution >= 0.6 is 0 Å². The molecule has 0 aromatic heterocycles. The van der Waals surface area contributed by atoms with Crippen LogP contribution in [0.25, 0.3) is 0 Å². The van der Waals surface area contributed by atoms with Crippen LogP contribution in [0.3, 0.4) is 0 Å². The average Bonchev–Trinajstić information content (AvgIpc) is 4.04. The molecule has 11 aliphatic rings. The number of nitrogens with one attached hydrogen (secondary N) is 1. The standard InChI is InChI=1S/C43H48N4O6/c1-50-29-9-5-7-27-31(29)47-23-41(21-24-20-39-13-18-52-30(39)10-15-45-16-11-43(27,33(24)47)35(39)45)37-40(14-19-53-37)22-25(34(48)51-2)32-42(12-17-46(36(40)42)38(41)49)26-6-3-4-8-28(26)44-32/h3-9,24,30,33,35-37,44H,10-23H2,1-2H3/t24-,30+,33+,35-,36-,37+,39+,40-,41-,42-,43-/m0/s1. The number of ether oxygens (including phenoxy) is 4. The zero-order chi connectivity index (χ0) is 35.3. The van der Waals surface area contributed by atoms with Crippen molar-refractivity contribution in [3.05, 3.63) is 64.9 Å². The van der Waals surface area contributed by atoms with E-state index in [2.05, 4.69) is 62.5 Å². The second-order valence-electron chi connectivity index (χ2n) is 18.7. The van der Waals surface area contributed by atoms with Gasteiger partial charge in [0.2, 0.25) is 5.91 Å². The van der Waals surface area contributed by atoms with Crippen molar-refractivity contribution in [2.75, 3.05) is 63.8 Å². The van der Waals surface area contributed by atoms with E-state index in [1.54, 1.807) is 7.11 Å². The number of benzene rings is 2. The third kappa shape index (κ3) is 3.06. The van der Waals surface area contributed by atoms with Gasteiger partial charge in [-0.2, -0.15) is 0 Å². The van der Waals surface area contributed by atoms with E-state index >= 15 is 4.79 Å². The Kier molecular flexibility index (Phi) is 5.56. The van der Waals surface area contributed by atoms with Crippen molar-refractivity contribution >= 4 is 23.3 Å². The molecule has 9 aliphatic heterocycles. The minimum absolute atomic E-state index is 0.0350. The van der Waals surface area contributed by atoms with Crippen molar-refractivity contribution in [2.24, 2.45) is 22.2 Å². The number of esters is 1. The van der Waals surface area contributed by atoms with Gasteiger partial charge in [0.1, 0.15) is 5.75 Å². The molecule has 13 rings (SSSR count). The molecule has 0 radical (unpaired) electrons. The molecule has 10 heteroatoms. The molecule has 2 aromatic rings. The Bertz CT molecular complexity index is 2090. The van der Waals surface area contributed by atoms with Gasteiger partial charge in [0.15, 0.2) is 0 Å². The number of fused-ring (bicyclic) bond motifs is 4. The van der Waals surface area contributed by atoms with Gasteiger partial charge in [0.05, 0.1) is 54.6 Å². The van der Waals surface area contributed by atoms with E-state index in [1.165, 1.54) is 23.9 Å². The highest BCUT2D eigenvalue weighted by atomic mass is 16.5. The summed E-state index contributed by atoms with van der Waals surface area (Å²) in [7, 11) is 3.31. The fourth-order valence-corrected chi connectivity index (χ4v) is 16.6. The van der Waals surface area contributed by atoms with Gasteiger partial charge in [-0.3, -0.25) is 9.69 Å². The van der Waals surface area contributed by atoms with Crippen molar-refractivity contribution in [1.82, 2.24) is 9.80 Å². The fourth-order valence-electron chi connectivity index (χ4n) is 16.6.